The first-order valence-electron chi connectivity index (χ1n) is 9.01. The van der Waals surface area contributed by atoms with Crippen LogP contribution >= 0.6 is 0 Å². The molecule has 0 radical (unpaired) electrons. The van der Waals surface area contributed by atoms with Gasteiger partial charge in [0.25, 0.3) is 0 Å². The molecule has 136 valence electrons. The maximum atomic E-state index is 4.19. The van der Waals surface area contributed by atoms with E-state index in [0.717, 1.165) is 29.9 Å². The number of nitrogens with zero attached hydrogens (tertiary/aromatic N) is 2. The average Bonchev–Trinajstić information content (AvgIpc) is 3.11. The molecule has 2 heterocycles. The molecular weight excluding hydrogens is 322 g/mol. The van der Waals surface area contributed by atoms with Gasteiger partial charge in [0.1, 0.15) is 0 Å². The van der Waals surface area contributed by atoms with E-state index in [-0.39, 0.29) is 5.54 Å². The number of hydrogen-bond donors (Lipinski definition) is 3. The molecular formula is C21H27N5. The Kier molecular flexibility index (Phi) is 5.81. The molecule has 0 fully saturated rings. The van der Waals surface area contributed by atoms with Crippen LogP contribution in [0.2, 0.25) is 0 Å². The fourth-order valence-corrected chi connectivity index (χ4v) is 3.18. The van der Waals surface area contributed by atoms with Crippen molar-refractivity contribution in [2.45, 2.75) is 38.9 Å². The van der Waals surface area contributed by atoms with Gasteiger partial charge in [0.05, 0.1) is 11.9 Å². The summed E-state index contributed by atoms with van der Waals surface area (Å²) in [6, 6.07) is 14.8. The van der Waals surface area contributed by atoms with Crippen molar-refractivity contribution in [3.63, 3.8) is 0 Å². The molecule has 3 rings (SSSR count). The van der Waals surface area contributed by atoms with Crippen molar-refractivity contribution in [3.8, 4) is 11.3 Å². The second kappa shape index (κ2) is 8.25. The highest BCUT2D eigenvalue weighted by atomic mass is 15.1. The smallest absolute Gasteiger partial charge is 0.0710 e. The molecule has 0 amide bonds. The molecule has 5 nitrogen and oxygen atoms in total. The summed E-state index contributed by atoms with van der Waals surface area (Å²) in [5, 5.41) is 14.5. The molecule has 0 spiro atoms. The Morgan fingerprint density at radius 3 is 2.62 bits per heavy atom. The monoisotopic (exact) mass is 349 g/mol. The minimum atomic E-state index is -0.0343. The van der Waals surface area contributed by atoms with Gasteiger partial charge in [-0.25, -0.2) is 0 Å². The van der Waals surface area contributed by atoms with Crippen molar-refractivity contribution < 1.29 is 0 Å². The van der Waals surface area contributed by atoms with Crippen molar-refractivity contribution in [2.24, 2.45) is 0 Å². The number of benzene rings is 1. The van der Waals surface area contributed by atoms with Crippen molar-refractivity contribution in [3.05, 3.63) is 72.2 Å². The summed E-state index contributed by atoms with van der Waals surface area (Å²) in [5.74, 6) is 0. The van der Waals surface area contributed by atoms with Gasteiger partial charge in [0.2, 0.25) is 0 Å². The Morgan fingerprint density at radius 1 is 1.08 bits per heavy atom. The highest BCUT2D eigenvalue weighted by Crippen LogP contribution is 2.20. The Hall–Kier alpha value is -2.50. The molecule has 5 heteroatoms. The fraction of sp³-hybridized carbons (Fsp3) is 0.333. The number of rotatable bonds is 8. The van der Waals surface area contributed by atoms with Gasteiger partial charge in [-0.05, 0) is 38.5 Å². The highest BCUT2D eigenvalue weighted by molar-refractivity contribution is 5.61. The zero-order valence-corrected chi connectivity index (χ0v) is 15.7. The minimum absolute atomic E-state index is 0.0343. The molecule has 26 heavy (non-hydrogen) atoms. The van der Waals surface area contributed by atoms with Crippen LogP contribution in [0.15, 0.2) is 61.1 Å². The number of aromatic amines is 1. The Labute approximate surface area is 155 Å². The third-order valence-corrected chi connectivity index (χ3v) is 4.46. The van der Waals surface area contributed by atoms with Crippen LogP contribution in [0.1, 0.15) is 37.9 Å². The van der Waals surface area contributed by atoms with E-state index in [2.05, 4.69) is 70.9 Å². The van der Waals surface area contributed by atoms with Gasteiger partial charge in [-0.1, -0.05) is 30.3 Å². The Morgan fingerprint density at radius 2 is 1.88 bits per heavy atom. The first-order chi connectivity index (χ1) is 12.6. The minimum Gasteiger partial charge on any atom is -0.311 e. The summed E-state index contributed by atoms with van der Waals surface area (Å²) < 4.78 is 0. The van der Waals surface area contributed by atoms with Gasteiger partial charge in [0, 0.05) is 48.2 Å². The van der Waals surface area contributed by atoms with E-state index in [1.807, 2.05) is 30.6 Å². The lowest BCUT2D eigenvalue weighted by Gasteiger charge is -2.31. The van der Waals surface area contributed by atoms with Crippen molar-refractivity contribution in [2.75, 3.05) is 6.54 Å². The van der Waals surface area contributed by atoms with Crippen LogP contribution in [-0.4, -0.2) is 27.3 Å². The third-order valence-electron chi connectivity index (χ3n) is 4.46. The molecule has 3 N–H and O–H groups in total. The maximum absolute atomic E-state index is 4.19. The summed E-state index contributed by atoms with van der Waals surface area (Å²) in [7, 11) is 0. The quantitative estimate of drug-likeness (QED) is 0.580. The molecule has 1 atom stereocenters. The van der Waals surface area contributed by atoms with Crippen LogP contribution < -0.4 is 10.6 Å². The van der Waals surface area contributed by atoms with Crippen LogP contribution in [0.5, 0.6) is 0 Å². The third kappa shape index (κ3) is 4.77. The van der Waals surface area contributed by atoms with Crippen LogP contribution in [0.25, 0.3) is 11.3 Å². The normalized spacial score (nSPS) is 12.9. The van der Waals surface area contributed by atoms with Crippen LogP contribution in [0.3, 0.4) is 0 Å². The second-order valence-corrected chi connectivity index (χ2v) is 7.28. The molecule has 1 aromatic carbocycles. The van der Waals surface area contributed by atoms with Gasteiger partial charge >= 0.3 is 0 Å². The van der Waals surface area contributed by atoms with E-state index < -0.39 is 0 Å². The summed E-state index contributed by atoms with van der Waals surface area (Å²) in [6.45, 7) is 8.24. The van der Waals surface area contributed by atoms with Crippen molar-refractivity contribution in [1.29, 1.82) is 0 Å². The van der Waals surface area contributed by atoms with Crippen LogP contribution in [0, 0.1) is 0 Å². The van der Waals surface area contributed by atoms with Crippen molar-refractivity contribution in [1.82, 2.24) is 25.8 Å². The topological polar surface area (TPSA) is 65.6 Å². The molecule has 2 aromatic heterocycles. The van der Waals surface area contributed by atoms with E-state index in [9.17, 15) is 0 Å². The number of pyridine rings is 1. The molecule has 1 unspecified atom stereocenters. The molecule has 0 aliphatic rings. The number of aromatic nitrogens is 3. The maximum Gasteiger partial charge on any atom is 0.0710 e. The lowest BCUT2D eigenvalue weighted by molar-refractivity contribution is 0.330. The highest BCUT2D eigenvalue weighted by Gasteiger charge is 2.20. The first-order valence-corrected chi connectivity index (χ1v) is 9.01. The van der Waals surface area contributed by atoms with E-state index in [0.29, 0.717) is 6.04 Å². The zero-order valence-electron chi connectivity index (χ0n) is 15.7. The molecule has 0 saturated carbocycles. The second-order valence-electron chi connectivity index (χ2n) is 7.28. The van der Waals surface area contributed by atoms with Gasteiger partial charge < -0.3 is 10.6 Å². The Balaban J connectivity index is 1.55. The van der Waals surface area contributed by atoms with Crippen molar-refractivity contribution >= 4 is 0 Å². The van der Waals surface area contributed by atoms with Gasteiger partial charge in [-0.2, -0.15) is 5.10 Å². The standard InChI is InChI=1S/C21H27N5/c1-16(17-8-5-4-6-9-17)25-21(2,3)15-23-13-19-14-24-26-20(19)18-10-7-11-22-12-18/h4-12,14,16,23,25H,13,15H2,1-3H3,(H,24,26). The summed E-state index contributed by atoms with van der Waals surface area (Å²) in [6.07, 6.45) is 5.51. The molecule has 3 aromatic rings. The Bertz CT molecular complexity index is 796. The molecule has 0 saturated heterocycles. The van der Waals surface area contributed by atoms with E-state index in [4.69, 9.17) is 0 Å². The average molecular weight is 349 g/mol. The number of hydrogen-bond acceptors (Lipinski definition) is 4. The predicted molar refractivity (Wildman–Crippen MR) is 106 cm³/mol. The van der Waals surface area contributed by atoms with Gasteiger partial charge in [-0.15, -0.1) is 0 Å². The largest absolute Gasteiger partial charge is 0.311 e. The summed E-state index contributed by atoms with van der Waals surface area (Å²) in [5.41, 5.74) is 4.48. The molecule has 0 aliphatic carbocycles. The van der Waals surface area contributed by atoms with E-state index in [1.165, 1.54) is 5.56 Å². The number of H-pyrrole nitrogens is 1. The van der Waals surface area contributed by atoms with Gasteiger partial charge in [0.15, 0.2) is 0 Å². The molecule has 0 bridgehead atoms. The van der Waals surface area contributed by atoms with Crippen LogP contribution in [0.4, 0.5) is 0 Å². The predicted octanol–water partition coefficient (Wildman–Crippen LogP) is 3.69. The fourth-order valence-electron chi connectivity index (χ4n) is 3.18. The zero-order chi connectivity index (χ0) is 18.4. The van der Waals surface area contributed by atoms with E-state index >= 15 is 0 Å². The van der Waals surface area contributed by atoms with Crippen LogP contribution in [-0.2, 0) is 6.54 Å². The molecule has 0 aliphatic heterocycles. The number of nitrogens with one attached hydrogen (secondary N) is 3. The lowest BCUT2D eigenvalue weighted by Crippen LogP contribution is -2.48. The summed E-state index contributed by atoms with van der Waals surface area (Å²) >= 11 is 0. The lowest BCUT2D eigenvalue weighted by atomic mass is 10.0. The SMILES string of the molecule is CC(NC(C)(C)CNCc1cn[nH]c1-c1cccnc1)c1ccccc1. The van der Waals surface area contributed by atoms with E-state index in [1.54, 1.807) is 6.20 Å². The van der Waals surface area contributed by atoms with Gasteiger partial charge in [-0.3, -0.25) is 10.1 Å². The first kappa shape index (κ1) is 18.3. The summed E-state index contributed by atoms with van der Waals surface area (Å²) in [4.78, 5) is 4.18.